The quantitative estimate of drug-likeness (QED) is 0.796. The third kappa shape index (κ3) is 2.24. The van der Waals surface area contributed by atoms with Crippen LogP contribution in [0.5, 0.6) is 0 Å². The van der Waals surface area contributed by atoms with Crippen LogP contribution < -0.4 is 5.32 Å². The largest absolute Gasteiger partial charge is 0.468 e. The zero-order chi connectivity index (χ0) is 10.7. The summed E-state index contributed by atoms with van der Waals surface area (Å²) in [5.74, 6) is 1.79. The highest BCUT2D eigenvalue weighted by molar-refractivity contribution is 5.14. The first-order valence-corrected chi connectivity index (χ1v) is 4.89. The van der Waals surface area contributed by atoms with E-state index in [-0.39, 0.29) is 6.04 Å². The number of hydrogen-bond donors (Lipinski definition) is 2. The van der Waals surface area contributed by atoms with Gasteiger partial charge in [-0.05, 0) is 25.5 Å². The van der Waals surface area contributed by atoms with E-state index in [1.165, 1.54) is 6.33 Å². The zero-order valence-corrected chi connectivity index (χ0v) is 8.82. The molecule has 2 heterocycles. The second-order valence-corrected chi connectivity index (χ2v) is 3.50. The van der Waals surface area contributed by atoms with Crippen molar-refractivity contribution in [1.29, 1.82) is 0 Å². The Morgan fingerprint density at radius 3 is 3.07 bits per heavy atom. The van der Waals surface area contributed by atoms with Crippen LogP contribution in [-0.2, 0) is 6.54 Å². The van der Waals surface area contributed by atoms with Gasteiger partial charge in [-0.25, -0.2) is 4.98 Å². The molecule has 0 saturated carbocycles. The molecule has 0 aromatic carbocycles. The minimum atomic E-state index is 0.136. The van der Waals surface area contributed by atoms with Gasteiger partial charge in [0, 0.05) is 0 Å². The highest BCUT2D eigenvalue weighted by atomic mass is 16.3. The van der Waals surface area contributed by atoms with E-state index in [0.29, 0.717) is 6.54 Å². The van der Waals surface area contributed by atoms with Gasteiger partial charge in [-0.3, -0.25) is 5.10 Å². The molecule has 2 N–H and O–H groups in total. The van der Waals surface area contributed by atoms with Crippen LogP contribution in [0.1, 0.15) is 30.1 Å². The Balaban J connectivity index is 1.91. The predicted octanol–water partition coefficient (Wildman–Crippen LogP) is 1.56. The molecule has 2 aromatic heterocycles. The van der Waals surface area contributed by atoms with Crippen LogP contribution in [0.4, 0.5) is 0 Å². The summed E-state index contributed by atoms with van der Waals surface area (Å²) in [7, 11) is 0. The Kier molecular flexibility index (Phi) is 2.82. The molecule has 0 spiro atoms. The maximum Gasteiger partial charge on any atom is 0.141 e. The molecule has 0 aliphatic heterocycles. The standard InChI is InChI=1S/C10H14N4O/c1-7-3-4-15-9(7)5-11-8(2)10-12-6-13-14-10/h3-4,6,8,11H,5H2,1-2H3,(H,12,13,14). The maximum atomic E-state index is 5.32. The lowest BCUT2D eigenvalue weighted by molar-refractivity contribution is 0.451. The van der Waals surface area contributed by atoms with Gasteiger partial charge in [0.25, 0.3) is 0 Å². The molecule has 2 rings (SSSR count). The van der Waals surface area contributed by atoms with Crippen LogP contribution >= 0.6 is 0 Å². The van der Waals surface area contributed by atoms with Crippen molar-refractivity contribution in [1.82, 2.24) is 20.5 Å². The summed E-state index contributed by atoms with van der Waals surface area (Å²) in [5, 5.41) is 9.93. The molecule has 0 amide bonds. The van der Waals surface area contributed by atoms with Gasteiger partial charge in [0.05, 0.1) is 18.8 Å². The molecule has 0 fully saturated rings. The SMILES string of the molecule is Cc1ccoc1CNC(C)c1ncn[nH]1. The highest BCUT2D eigenvalue weighted by Gasteiger charge is 2.09. The number of H-pyrrole nitrogens is 1. The first kappa shape index (κ1) is 9.92. The molecule has 1 atom stereocenters. The highest BCUT2D eigenvalue weighted by Crippen LogP contribution is 2.11. The summed E-state index contributed by atoms with van der Waals surface area (Å²) in [6.45, 7) is 4.75. The van der Waals surface area contributed by atoms with E-state index in [0.717, 1.165) is 17.1 Å². The fourth-order valence-electron chi connectivity index (χ4n) is 1.35. The van der Waals surface area contributed by atoms with Crippen LogP contribution in [0.3, 0.4) is 0 Å². The van der Waals surface area contributed by atoms with Crippen molar-refractivity contribution >= 4 is 0 Å². The third-order valence-electron chi connectivity index (χ3n) is 2.38. The molecule has 0 saturated heterocycles. The Bertz CT molecular complexity index is 407. The zero-order valence-electron chi connectivity index (χ0n) is 8.82. The molecule has 15 heavy (non-hydrogen) atoms. The summed E-state index contributed by atoms with van der Waals surface area (Å²) in [5.41, 5.74) is 1.16. The summed E-state index contributed by atoms with van der Waals surface area (Å²) in [6.07, 6.45) is 3.21. The van der Waals surface area contributed by atoms with Crippen LogP contribution in [-0.4, -0.2) is 15.2 Å². The van der Waals surface area contributed by atoms with Gasteiger partial charge >= 0.3 is 0 Å². The minimum Gasteiger partial charge on any atom is -0.468 e. The van der Waals surface area contributed by atoms with Crippen molar-refractivity contribution < 1.29 is 4.42 Å². The lowest BCUT2D eigenvalue weighted by Crippen LogP contribution is -2.19. The van der Waals surface area contributed by atoms with Gasteiger partial charge in [0.2, 0.25) is 0 Å². The van der Waals surface area contributed by atoms with E-state index in [2.05, 4.69) is 20.5 Å². The van der Waals surface area contributed by atoms with Crippen molar-refractivity contribution in [3.63, 3.8) is 0 Å². The van der Waals surface area contributed by atoms with E-state index in [9.17, 15) is 0 Å². The van der Waals surface area contributed by atoms with Crippen LogP contribution in [0.15, 0.2) is 23.1 Å². The second kappa shape index (κ2) is 4.27. The molecule has 2 aromatic rings. The molecular weight excluding hydrogens is 192 g/mol. The van der Waals surface area contributed by atoms with Gasteiger partial charge in [-0.15, -0.1) is 0 Å². The lowest BCUT2D eigenvalue weighted by Gasteiger charge is -2.09. The predicted molar refractivity (Wildman–Crippen MR) is 55.1 cm³/mol. The Morgan fingerprint density at radius 1 is 1.60 bits per heavy atom. The van der Waals surface area contributed by atoms with Crippen molar-refractivity contribution in [2.24, 2.45) is 0 Å². The first-order chi connectivity index (χ1) is 7.27. The Hall–Kier alpha value is -1.62. The monoisotopic (exact) mass is 206 g/mol. The molecule has 0 aliphatic rings. The number of rotatable bonds is 4. The van der Waals surface area contributed by atoms with E-state index in [4.69, 9.17) is 4.42 Å². The summed E-state index contributed by atoms with van der Waals surface area (Å²) in [6, 6.07) is 2.09. The smallest absolute Gasteiger partial charge is 0.141 e. The normalized spacial score (nSPS) is 12.9. The molecule has 0 bridgehead atoms. The van der Waals surface area contributed by atoms with E-state index < -0.39 is 0 Å². The van der Waals surface area contributed by atoms with Gasteiger partial charge in [-0.2, -0.15) is 5.10 Å². The lowest BCUT2D eigenvalue weighted by atomic mass is 10.2. The van der Waals surface area contributed by atoms with Gasteiger partial charge in [0.1, 0.15) is 17.9 Å². The summed E-state index contributed by atoms with van der Waals surface area (Å²) in [4.78, 5) is 4.08. The number of nitrogens with zero attached hydrogens (tertiary/aromatic N) is 2. The molecule has 0 radical (unpaired) electrons. The van der Waals surface area contributed by atoms with Crippen LogP contribution in [0, 0.1) is 6.92 Å². The molecule has 5 nitrogen and oxygen atoms in total. The Morgan fingerprint density at radius 2 is 2.47 bits per heavy atom. The van der Waals surface area contributed by atoms with Gasteiger partial charge in [-0.1, -0.05) is 0 Å². The van der Waals surface area contributed by atoms with E-state index >= 15 is 0 Å². The number of nitrogens with one attached hydrogen (secondary N) is 2. The molecule has 1 unspecified atom stereocenters. The maximum absolute atomic E-state index is 5.32. The average Bonchev–Trinajstić information content (AvgIpc) is 2.85. The topological polar surface area (TPSA) is 66.7 Å². The third-order valence-corrected chi connectivity index (χ3v) is 2.38. The van der Waals surface area contributed by atoms with Crippen molar-refractivity contribution in [3.05, 3.63) is 35.8 Å². The van der Waals surface area contributed by atoms with Crippen LogP contribution in [0.2, 0.25) is 0 Å². The average molecular weight is 206 g/mol. The van der Waals surface area contributed by atoms with Gasteiger partial charge in [0.15, 0.2) is 0 Å². The second-order valence-electron chi connectivity index (χ2n) is 3.50. The summed E-state index contributed by atoms with van der Waals surface area (Å²) < 4.78 is 5.32. The van der Waals surface area contributed by atoms with Gasteiger partial charge < -0.3 is 9.73 Å². The number of aromatic amines is 1. The Labute approximate surface area is 87.9 Å². The van der Waals surface area contributed by atoms with Crippen molar-refractivity contribution in [2.75, 3.05) is 0 Å². The molecular formula is C10H14N4O. The fourth-order valence-corrected chi connectivity index (χ4v) is 1.35. The summed E-state index contributed by atoms with van der Waals surface area (Å²) >= 11 is 0. The van der Waals surface area contributed by atoms with Crippen molar-refractivity contribution in [2.45, 2.75) is 26.4 Å². The first-order valence-electron chi connectivity index (χ1n) is 4.89. The van der Waals surface area contributed by atoms with Crippen molar-refractivity contribution in [3.8, 4) is 0 Å². The fraction of sp³-hybridized carbons (Fsp3) is 0.400. The number of aryl methyl sites for hydroxylation is 1. The number of furan rings is 1. The van der Waals surface area contributed by atoms with E-state index in [1.54, 1.807) is 6.26 Å². The van der Waals surface area contributed by atoms with E-state index in [1.807, 2.05) is 19.9 Å². The van der Waals surface area contributed by atoms with Crippen LogP contribution in [0.25, 0.3) is 0 Å². The molecule has 5 heteroatoms. The minimum absolute atomic E-state index is 0.136. The number of aromatic nitrogens is 3. The number of hydrogen-bond acceptors (Lipinski definition) is 4. The molecule has 0 aliphatic carbocycles. The molecule has 80 valence electrons.